The van der Waals surface area contributed by atoms with Crippen LogP contribution in [0.4, 0.5) is 5.82 Å². The van der Waals surface area contributed by atoms with Crippen LogP contribution in [0.1, 0.15) is 42.2 Å². The van der Waals surface area contributed by atoms with Gasteiger partial charge in [0, 0.05) is 45.7 Å². The molecule has 0 bridgehead atoms. The monoisotopic (exact) mass is 367 g/mol. The van der Waals surface area contributed by atoms with E-state index in [1.807, 2.05) is 31.3 Å². The van der Waals surface area contributed by atoms with E-state index in [-0.39, 0.29) is 23.9 Å². The third kappa shape index (κ3) is 4.42. The summed E-state index contributed by atoms with van der Waals surface area (Å²) in [5.41, 5.74) is 1.62. The summed E-state index contributed by atoms with van der Waals surface area (Å²) in [5.74, 6) is 0.682. The Kier molecular flexibility index (Phi) is 5.69. The predicted molar refractivity (Wildman–Crippen MR) is 103 cm³/mol. The first-order chi connectivity index (χ1) is 13.0. The van der Waals surface area contributed by atoms with E-state index in [0.717, 1.165) is 12.0 Å². The van der Waals surface area contributed by atoms with Crippen LogP contribution in [-0.2, 0) is 4.79 Å². The molecule has 1 fully saturated rings. The Morgan fingerprint density at radius 1 is 1.30 bits per heavy atom. The van der Waals surface area contributed by atoms with Gasteiger partial charge < -0.3 is 15.1 Å². The van der Waals surface area contributed by atoms with E-state index in [4.69, 9.17) is 0 Å². The van der Waals surface area contributed by atoms with E-state index >= 15 is 0 Å². The van der Waals surface area contributed by atoms with Crippen LogP contribution >= 0.6 is 0 Å². The number of anilines is 1. The van der Waals surface area contributed by atoms with E-state index < -0.39 is 0 Å². The van der Waals surface area contributed by atoms with Gasteiger partial charge in [0.25, 0.3) is 5.91 Å². The molecule has 1 N–H and O–H groups in total. The van der Waals surface area contributed by atoms with E-state index in [1.165, 1.54) is 0 Å². The van der Waals surface area contributed by atoms with E-state index in [9.17, 15) is 9.59 Å². The average Bonchev–Trinajstić information content (AvgIpc) is 3.18. The average molecular weight is 367 g/mol. The highest BCUT2D eigenvalue weighted by atomic mass is 16.2. The summed E-state index contributed by atoms with van der Waals surface area (Å²) in [4.78, 5) is 36.2. The Morgan fingerprint density at radius 2 is 2.11 bits per heavy atom. The SMILES string of the molecule is CC(=O)N(C)[C@H]1CCN(C(=O)c2ccc(N[C@@H](C)c3cccnc3)nc2)C1. The van der Waals surface area contributed by atoms with Crippen LogP contribution in [0.15, 0.2) is 42.9 Å². The minimum absolute atomic E-state index is 0.0223. The number of hydrogen-bond donors (Lipinski definition) is 1. The minimum Gasteiger partial charge on any atom is -0.363 e. The summed E-state index contributed by atoms with van der Waals surface area (Å²) in [6, 6.07) is 7.65. The summed E-state index contributed by atoms with van der Waals surface area (Å²) in [7, 11) is 1.78. The van der Waals surface area contributed by atoms with Gasteiger partial charge in [-0.05, 0) is 37.1 Å². The molecule has 7 heteroatoms. The minimum atomic E-state index is -0.0474. The molecular formula is C20H25N5O2. The lowest BCUT2D eigenvalue weighted by atomic mass is 10.1. The van der Waals surface area contributed by atoms with Crippen molar-refractivity contribution in [1.82, 2.24) is 19.8 Å². The summed E-state index contributed by atoms with van der Waals surface area (Å²) in [5, 5.41) is 3.31. The van der Waals surface area contributed by atoms with Crippen LogP contribution in [0.25, 0.3) is 0 Å². The van der Waals surface area contributed by atoms with Crippen molar-refractivity contribution in [1.29, 1.82) is 0 Å². The standard InChI is InChI=1S/C20H25N5O2/c1-14(16-5-4-9-21-11-16)23-19-7-6-17(12-22-19)20(27)25-10-8-18(13-25)24(3)15(2)26/h4-7,9,11-12,14,18H,8,10,13H2,1-3H3,(H,22,23)/t14-,18-/m0/s1. The molecule has 2 aromatic rings. The van der Waals surface area contributed by atoms with Gasteiger partial charge in [-0.25, -0.2) is 4.98 Å². The molecule has 0 aliphatic carbocycles. The highest BCUT2D eigenvalue weighted by molar-refractivity contribution is 5.94. The van der Waals surface area contributed by atoms with Gasteiger partial charge in [-0.1, -0.05) is 6.07 Å². The van der Waals surface area contributed by atoms with Crippen molar-refractivity contribution in [3.8, 4) is 0 Å². The summed E-state index contributed by atoms with van der Waals surface area (Å²) in [6.07, 6.45) is 5.96. The van der Waals surface area contributed by atoms with Crippen LogP contribution in [-0.4, -0.2) is 57.8 Å². The molecule has 0 unspecified atom stereocenters. The third-order valence-electron chi connectivity index (χ3n) is 5.05. The van der Waals surface area contributed by atoms with Crippen LogP contribution in [0, 0.1) is 0 Å². The second-order valence-corrected chi connectivity index (χ2v) is 6.91. The molecule has 2 atom stereocenters. The Bertz CT molecular complexity index is 794. The Hall–Kier alpha value is -2.96. The van der Waals surface area contributed by atoms with Crippen LogP contribution in [0.2, 0.25) is 0 Å². The maximum Gasteiger partial charge on any atom is 0.255 e. The molecule has 27 heavy (non-hydrogen) atoms. The second kappa shape index (κ2) is 8.16. The van der Waals surface area contributed by atoms with Gasteiger partial charge in [0.05, 0.1) is 17.6 Å². The molecule has 0 saturated carbocycles. The molecular weight excluding hydrogens is 342 g/mol. The van der Waals surface area contributed by atoms with Gasteiger partial charge in [-0.2, -0.15) is 0 Å². The van der Waals surface area contributed by atoms with Crippen molar-refractivity contribution in [2.45, 2.75) is 32.4 Å². The zero-order valence-electron chi connectivity index (χ0n) is 15.9. The fourth-order valence-electron chi connectivity index (χ4n) is 3.23. The molecule has 3 heterocycles. The molecule has 3 rings (SSSR count). The van der Waals surface area contributed by atoms with Gasteiger partial charge in [0.1, 0.15) is 5.82 Å². The number of carbonyl (C=O) groups excluding carboxylic acids is 2. The maximum absolute atomic E-state index is 12.7. The Labute approximate surface area is 159 Å². The summed E-state index contributed by atoms with van der Waals surface area (Å²) in [6.45, 7) is 4.80. The zero-order valence-corrected chi connectivity index (χ0v) is 15.9. The highest BCUT2D eigenvalue weighted by Crippen LogP contribution is 2.19. The number of carbonyl (C=O) groups is 2. The lowest BCUT2D eigenvalue weighted by Crippen LogP contribution is -2.38. The van der Waals surface area contributed by atoms with Crippen molar-refractivity contribution in [3.05, 3.63) is 54.0 Å². The first kappa shape index (κ1) is 18.8. The van der Waals surface area contributed by atoms with Gasteiger partial charge in [0.15, 0.2) is 0 Å². The fourth-order valence-corrected chi connectivity index (χ4v) is 3.23. The summed E-state index contributed by atoms with van der Waals surface area (Å²) >= 11 is 0. The van der Waals surface area contributed by atoms with Gasteiger partial charge in [-0.3, -0.25) is 14.6 Å². The lowest BCUT2D eigenvalue weighted by molar-refractivity contribution is -0.129. The van der Waals surface area contributed by atoms with E-state index in [2.05, 4.69) is 15.3 Å². The molecule has 0 aromatic carbocycles. The van der Waals surface area contributed by atoms with E-state index in [1.54, 1.807) is 42.2 Å². The smallest absolute Gasteiger partial charge is 0.255 e. The molecule has 2 amide bonds. The third-order valence-corrected chi connectivity index (χ3v) is 5.05. The zero-order chi connectivity index (χ0) is 19.4. The number of likely N-dealkylation sites (N-methyl/N-ethyl adjacent to an activating group) is 1. The van der Waals surface area contributed by atoms with Crippen molar-refractivity contribution in [3.63, 3.8) is 0 Å². The van der Waals surface area contributed by atoms with E-state index in [0.29, 0.717) is 24.5 Å². The Balaban J connectivity index is 1.60. The van der Waals surface area contributed by atoms with Crippen LogP contribution in [0.5, 0.6) is 0 Å². The van der Waals surface area contributed by atoms with Crippen LogP contribution in [0.3, 0.4) is 0 Å². The second-order valence-electron chi connectivity index (χ2n) is 6.91. The molecule has 1 saturated heterocycles. The van der Waals surface area contributed by atoms with Crippen LogP contribution < -0.4 is 5.32 Å². The van der Waals surface area contributed by atoms with Gasteiger partial charge in [0.2, 0.25) is 5.91 Å². The number of amides is 2. The lowest BCUT2D eigenvalue weighted by Gasteiger charge is -2.23. The van der Waals surface area contributed by atoms with Gasteiger partial charge >= 0.3 is 0 Å². The first-order valence-electron chi connectivity index (χ1n) is 9.11. The Morgan fingerprint density at radius 3 is 2.74 bits per heavy atom. The summed E-state index contributed by atoms with van der Waals surface area (Å²) < 4.78 is 0. The normalized spacial score (nSPS) is 17.4. The maximum atomic E-state index is 12.7. The molecule has 7 nitrogen and oxygen atoms in total. The number of rotatable bonds is 5. The number of hydrogen-bond acceptors (Lipinski definition) is 5. The number of pyridine rings is 2. The highest BCUT2D eigenvalue weighted by Gasteiger charge is 2.30. The number of aromatic nitrogens is 2. The topological polar surface area (TPSA) is 78.4 Å². The van der Waals surface area contributed by atoms with Gasteiger partial charge in [-0.15, -0.1) is 0 Å². The number of nitrogens with one attached hydrogen (secondary N) is 1. The van der Waals surface area contributed by atoms with Crippen molar-refractivity contribution >= 4 is 17.6 Å². The number of likely N-dealkylation sites (tertiary alicyclic amines) is 1. The molecule has 0 spiro atoms. The fraction of sp³-hybridized carbons (Fsp3) is 0.400. The first-order valence-corrected chi connectivity index (χ1v) is 9.11. The van der Waals surface area contributed by atoms with Crippen molar-refractivity contribution < 1.29 is 9.59 Å². The molecule has 0 radical (unpaired) electrons. The molecule has 2 aromatic heterocycles. The van der Waals surface area contributed by atoms with Crippen molar-refractivity contribution in [2.75, 3.05) is 25.5 Å². The number of nitrogens with zero attached hydrogens (tertiary/aromatic N) is 4. The largest absolute Gasteiger partial charge is 0.363 e. The molecule has 142 valence electrons. The van der Waals surface area contributed by atoms with Crippen molar-refractivity contribution in [2.24, 2.45) is 0 Å². The predicted octanol–water partition coefficient (Wildman–Crippen LogP) is 2.34. The quantitative estimate of drug-likeness (QED) is 0.878. The molecule has 1 aliphatic heterocycles. The molecule has 1 aliphatic rings.